The highest BCUT2D eigenvalue weighted by Gasteiger charge is 2.41. The average Bonchev–Trinajstić information content (AvgIpc) is 3.02. The maximum absolute atomic E-state index is 13.2. The lowest BCUT2D eigenvalue weighted by Gasteiger charge is -2.37. The second-order valence-corrected chi connectivity index (χ2v) is 12.5. The van der Waals surface area contributed by atoms with E-state index in [1.54, 1.807) is 19.2 Å². The first kappa shape index (κ1) is 26.8. The van der Waals surface area contributed by atoms with Crippen LogP contribution in [-0.2, 0) is 22.4 Å². The number of carbonyl (C=O) groups excluding carboxylic acids is 2. The highest BCUT2D eigenvalue weighted by Crippen LogP contribution is 2.45. The summed E-state index contributed by atoms with van der Waals surface area (Å²) in [5.74, 6) is 0.830. The van der Waals surface area contributed by atoms with Crippen molar-refractivity contribution in [3.63, 3.8) is 0 Å². The number of likely N-dealkylation sites (tertiary alicyclic amines) is 2. The normalized spacial score (nSPS) is 20.8. The van der Waals surface area contributed by atoms with Gasteiger partial charge in [0.05, 0.1) is 10.4 Å². The van der Waals surface area contributed by atoms with Gasteiger partial charge in [0.1, 0.15) is 0 Å². The Morgan fingerprint density at radius 2 is 1.65 bits per heavy atom. The Morgan fingerprint density at radius 1 is 1.00 bits per heavy atom. The molecule has 1 aromatic heterocycles. The zero-order chi connectivity index (χ0) is 26.3. The summed E-state index contributed by atoms with van der Waals surface area (Å²) in [7, 11) is 0. The van der Waals surface area contributed by atoms with Crippen LogP contribution in [0, 0.1) is 11.8 Å². The molecule has 0 radical (unpaired) electrons. The van der Waals surface area contributed by atoms with Gasteiger partial charge in [-0.2, -0.15) is 0 Å². The number of hydrogen-bond acceptors (Lipinski definition) is 3. The van der Waals surface area contributed by atoms with Gasteiger partial charge in [0.25, 0.3) is 0 Å². The molecule has 1 N–H and O–H groups in total. The van der Waals surface area contributed by atoms with Gasteiger partial charge in [-0.05, 0) is 95.6 Å². The molecule has 3 aliphatic rings. The molecule has 0 spiro atoms. The highest BCUT2D eigenvalue weighted by atomic mass is 79.9. The number of pyridine rings is 1. The van der Waals surface area contributed by atoms with E-state index in [4.69, 9.17) is 23.2 Å². The minimum Gasteiger partial charge on any atom is -0.343 e. The molecule has 5 rings (SSSR count). The average molecular weight is 610 g/mol. The van der Waals surface area contributed by atoms with Gasteiger partial charge in [0, 0.05) is 59.9 Å². The van der Waals surface area contributed by atoms with Crippen LogP contribution in [0.25, 0.3) is 0 Å². The summed E-state index contributed by atoms with van der Waals surface area (Å²) < 4.78 is 2.09. The van der Waals surface area contributed by atoms with Crippen LogP contribution in [0.5, 0.6) is 0 Å². The Labute approximate surface area is 236 Å². The van der Waals surface area contributed by atoms with Gasteiger partial charge in [-0.3, -0.25) is 14.8 Å². The quantitative estimate of drug-likeness (QED) is 0.374. The molecule has 1 atom stereocenters. The lowest BCUT2D eigenvalue weighted by molar-refractivity contribution is -0.910. The fourth-order valence-corrected chi connectivity index (χ4v) is 7.65. The Morgan fingerprint density at radius 3 is 2.32 bits per heavy atom. The molecule has 1 aromatic carbocycles. The Bertz CT molecular complexity index is 1150. The fourth-order valence-electron chi connectivity index (χ4n) is 6.52. The third kappa shape index (κ3) is 5.64. The van der Waals surface area contributed by atoms with Crippen molar-refractivity contribution in [3.8, 4) is 0 Å². The van der Waals surface area contributed by atoms with Gasteiger partial charge < -0.3 is 9.80 Å². The number of amides is 2. The lowest BCUT2D eigenvalue weighted by Crippen LogP contribution is -2.44. The van der Waals surface area contributed by atoms with Crippen molar-refractivity contribution in [1.82, 2.24) is 9.80 Å². The van der Waals surface area contributed by atoms with Crippen LogP contribution in [0.15, 0.2) is 28.9 Å². The molecule has 9 heteroatoms. The topological polar surface area (TPSA) is 64.7 Å². The highest BCUT2D eigenvalue weighted by molar-refractivity contribution is 9.10. The maximum atomic E-state index is 13.2. The summed E-state index contributed by atoms with van der Waals surface area (Å²) >= 11 is 16.7. The lowest BCUT2D eigenvalue weighted by atomic mass is 9.76. The molecule has 2 fully saturated rings. The summed E-state index contributed by atoms with van der Waals surface area (Å²) in [6.45, 7) is 4.50. The van der Waals surface area contributed by atoms with E-state index in [0.29, 0.717) is 35.5 Å². The first-order chi connectivity index (χ1) is 17.7. The van der Waals surface area contributed by atoms with Crippen molar-refractivity contribution in [1.29, 1.82) is 0 Å². The van der Waals surface area contributed by atoms with Gasteiger partial charge in [0.15, 0.2) is 0 Å². The van der Waals surface area contributed by atoms with Crippen molar-refractivity contribution in [2.75, 3.05) is 26.2 Å². The van der Waals surface area contributed by atoms with Crippen molar-refractivity contribution in [2.24, 2.45) is 11.8 Å². The zero-order valence-corrected chi connectivity index (χ0v) is 24.2. The minimum atomic E-state index is -0.0801. The Kier molecular flexibility index (Phi) is 8.04. The SMILES string of the molecule is CC(=O)N1CCC(CC(=O)N2CCC(C3c4c(Cl)cc(Cl)cc4CCc4cc(Br)c[n+](O)c43)CC2)CC1. The summed E-state index contributed by atoms with van der Waals surface area (Å²) in [4.78, 5) is 28.6. The van der Waals surface area contributed by atoms with E-state index in [2.05, 4.69) is 22.0 Å². The molecule has 1 aliphatic carbocycles. The monoisotopic (exact) mass is 608 g/mol. The van der Waals surface area contributed by atoms with Crippen LogP contribution in [0.2, 0.25) is 10.0 Å². The predicted molar refractivity (Wildman–Crippen MR) is 146 cm³/mol. The number of fused-ring (bicyclic) bond motifs is 2. The number of benzene rings is 1. The number of rotatable bonds is 3. The van der Waals surface area contributed by atoms with Gasteiger partial charge in [-0.1, -0.05) is 23.2 Å². The molecule has 2 aliphatic heterocycles. The zero-order valence-electron chi connectivity index (χ0n) is 21.1. The molecule has 2 aromatic rings. The molecule has 198 valence electrons. The summed E-state index contributed by atoms with van der Waals surface area (Å²) in [6.07, 6.45) is 7.30. The molecule has 3 heterocycles. The third-order valence-corrected chi connectivity index (χ3v) is 9.43. The van der Waals surface area contributed by atoms with E-state index in [-0.39, 0.29) is 23.7 Å². The maximum Gasteiger partial charge on any atom is 0.245 e. The third-order valence-electron chi connectivity index (χ3n) is 8.47. The van der Waals surface area contributed by atoms with Crippen molar-refractivity contribution in [3.05, 3.63) is 61.3 Å². The van der Waals surface area contributed by atoms with E-state index >= 15 is 0 Å². The van der Waals surface area contributed by atoms with Gasteiger partial charge in [-0.15, -0.1) is 0 Å². The minimum absolute atomic E-state index is 0.0801. The Hall–Kier alpha value is -1.83. The number of aromatic nitrogens is 1. The fraction of sp³-hybridized carbons (Fsp3) is 0.536. The van der Waals surface area contributed by atoms with E-state index in [1.807, 2.05) is 15.9 Å². The van der Waals surface area contributed by atoms with Crippen molar-refractivity contribution >= 4 is 50.9 Å². The van der Waals surface area contributed by atoms with E-state index < -0.39 is 0 Å². The molecule has 2 saturated heterocycles. The Balaban J connectivity index is 1.34. The molecule has 6 nitrogen and oxygen atoms in total. The molecule has 2 amide bonds. The molecule has 1 unspecified atom stereocenters. The molecule has 0 bridgehead atoms. The number of carbonyl (C=O) groups is 2. The summed E-state index contributed by atoms with van der Waals surface area (Å²) in [5, 5.41) is 12.3. The molecule has 0 saturated carbocycles. The predicted octanol–water partition coefficient (Wildman–Crippen LogP) is 5.40. The van der Waals surface area contributed by atoms with Crippen LogP contribution in [0.3, 0.4) is 0 Å². The number of nitrogens with zero attached hydrogens (tertiary/aromatic N) is 3. The van der Waals surface area contributed by atoms with Crippen molar-refractivity contribution < 1.29 is 19.5 Å². The standard InChI is InChI=1S/C28H33BrCl2N3O3/c1-17(35)32-8-4-18(5-9-32)12-25(36)33-10-6-19(7-11-33)27-26-20(14-23(30)15-24(26)31)2-3-21-13-22(29)16-34(37)28(21)27/h13-16,18-19,27,37H,2-12H2,1H3/q+1. The molecular formula is C28H33BrCl2N3O3+. The van der Waals surface area contributed by atoms with Crippen LogP contribution in [0.1, 0.15) is 67.3 Å². The van der Waals surface area contributed by atoms with E-state index in [1.165, 1.54) is 4.73 Å². The number of hydrogen-bond donors (Lipinski definition) is 1. The van der Waals surface area contributed by atoms with Crippen LogP contribution in [-0.4, -0.2) is 53.0 Å². The van der Waals surface area contributed by atoms with Gasteiger partial charge in [0.2, 0.25) is 23.7 Å². The molecule has 37 heavy (non-hydrogen) atoms. The first-order valence-electron chi connectivity index (χ1n) is 13.2. The largest absolute Gasteiger partial charge is 0.343 e. The second kappa shape index (κ2) is 11.1. The number of piperidine rings is 2. The number of aryl methyl sites for hydroxylation is 2. The molecular weight excluding hydrogens is 577 g/mol. The van der Waals surface area contributed by atoms with Crippen LogP contribution >= 0.6 is 39.1 Å². The van der Waals surface area contributed by atoms with E-state index in [9.17, 15) is 14.8 Å². The van der Waals surface area contributed by atoms with Crippen LogP contribution in [0.4, 0.5) is 0 Å². The van der Waals surface area contributed by atoms with Gasteiger partial charge in [-0.25, -0.2) is 0 Å². The summed E-state index contributed by atoms with van der Waals surface area (Å²) in [5.41, 5.74) is 4.16. The van der Waals surface area contributed by atoms with Gasteiger partial charge >= 0.3 is 0 Å². The smallest absolute Gasteiger partial charge is 0.245 e. The second-order valence-electron chi connectivity index (χ2n) is 10.7. The van der Waals surface area contributed by atoms with E-state index in [0.717, 1.165) is 78.5 Å². The first-order valence-corrected chi connectivity index (χ1v) is 14.7. The van der Waals surface area contributed by atoms with Crippen LogP contribution < -0.4 is 4.73 Å². The summed E-state index contributed by atoms with van der Waals surface area (Å²) in [6, 6.07) is 5.90. The van der Waals surface area contributed by atoms with Crippen molar-refractivity contribution in [2.45, 2.75) is 57.8 Å². The number of halogens is 3.